The van der Waals surface area contributed by atoms with Gasteiger partial charge in [-0.05, 0) is 49.8 Å². The third-order valence-electron chi connectivity index (χ3n) is 3.69. The van der Waals surface area contributed by atoms with Crippen molar-refractivity contribution in [3.63, 3.8) is 0 Å². The standard InChI is InChI=1S/C14H20ClNS/c1-11-5-7-14(10-16,8-6-11)17-13-4-2-3-12(15)9-13/h2-4,9,11H,5-8,10,16H2,1H3. The highest BCUT2D eigenvalue weighted by Gasteiger charge is 2.33. The Hall–Kier alpha value is -0.180. The second-order valence-electron chi connectivity index (χ2n) is 5.13. The fraction of sp³-hybridized carbons (Fsp3) is 0.571. The van der Waals surface area contributed by atoms with E-state index in [4.69, 9.17) is 17.3 Å². The van der Waals surface area contributed by atoms with Crippen LogP contribution in [0.1, 0.15) is 32.6 Å². The van der Waals surface area contributed by atoms with E-state index >= 15 is 0 Å². The summed E-state index contributed by atoms with van der Waals surface area (Å²) < 4.78 is 0.233. The van der Waals surface area contributed by atoms with Gasteiger partial charge in [0.25, 0.3) is 0 Å². The van der Waals surface area contributed by atoms with Crippen LogP contribution in [0.2, 0.25) is 5.02 Å². The monoisotopic (exact) mass is 269 g/mol. The van der Waals surface area contributed by atoms with Crippen molar-refractivity contribution >= 4 is 23.4 Å². The molecular formula is C14H20ClNS. The number of hydrogen-bond acceptors (Lipinski definition) is 2. The second-order valence-corrected chi connectivity index (χ2v) is 7.11. The molecule has 3 heteroatoms. The van der Waals surface area contributed by atoms with E-state index in [9.17, 15) is 0 Å². The summed E-state index contributed by atoms with van der Waals surface area (Å²) in [6.45, 7) is 3.10. The predicted molar refractivity (Wildman–Crippen MR) is 76.7 cm³/mol. The third-order valence-corrected chi connectivity index (χ3v) is 5.42. The van der Waals surface area contributed by atoms with E-state index in [1.807, 2.05) is 30.0 Å². The van der Waals surface area contributed by atoms with Gasteiger partial charge in [-0.15, -0.1) is 11.8 Å². The molecule has 17 heavy (non-hydrogen) atoms. The molecular weight excluding hydrogens is 250 g/mol. The Morgan fingerprint density at radius 3 is 2.71 bits per heavy atom. The molecule has 1 aliphatic rings. The minimum Gasteiger partial charge on any atom is -0.329 e. The molecule has 0 saturated heterocycles. The van der Waals surface area contributed by atoms with Crippen molar-refractivity contribution in [3.05, 3.63) is 29.3 Å². The minimum absolute atomic E-state index is 0.233. The smallest absolute Gasteiger partial charge is 0.0417 e. The summed E-state index contributed by atoms with van der Waals surface area (Å²) in [7, 11) is 0. The Labute approximate surface area is 113 Å². The van der Waals surface area contributed by atoms with Crippen LogP contribution in [0.4, 0.5) is 0 Å². The molecule has 0 aliphatic heterocycles. The molecule has 0 heterocycles. The topological polar surface area (TPSA) is 26.0 Å². The summed E-state index contributed by atoms with van der Waals surface area (Å²) in [4.78, 5) is 1.25. The van der Waals surface area contributed by atoms with Gasteiger partial charge in [0.15, 0.2) is 0 Å². The largest absolute Gasteiger partial charge is 0.329 e. The van der Waals surface area contributed by atoms with Crippen molar-refractivity contribution < 1.29 is 0 Å². The van der Waals surface area contributed by atoms with E-state index in [0.29, 0.717) is 0 Å². The van der Waals surface area contributed by atoms with Gasteiger partial charge in [-0.25, -0.2) is 0 Å². The van der Waals surface area contributed by atoms with Crippen LogP contribution >= 0.6 is 23.4 Å². The first-order chi connectivity index (χ1) is 8.13. The highest BCUT2D eigenvalue weighted by atomic mass is 35.5. The molecule has 0 bridgehead atoms. The summed E-state index contributed by atoms with van der Waals surface area (Å²) in [5, 5.41) is 0.811. The molecule has 1 aromatic carbocycles. The predicted octanol–water partition coefficient (Wildman–Crippen LogP) is 4.34. The molecule has 0 radical (unpaired) electrons. The maximum Gasteiger partial charge on any atom is 0.0417 e. The van der Waals surface area contributed by atoms with Crippen LogP contribution in [0, 0.1) is 5.92 Å². The molecule has 0 spiro atoms. The lowest BCUT2D eigenvalue weighted by Crippen LogP contribution is -2.37. The van der Waals surface area contributed by atoms with Crippen LogP contribution in [0.15, 0.2) is 29.2 Å². The summed E-state index contributed by atoms with van der Waals surface area (Å²) >= 11 is 7.95. The van der Waals surface area contributed by atoms with Crippen molar-refractivity contribution in [1.82, 2.24) is 0 Å². The Kier molecular flexibility index (Phi) is 4.40. The van der Waals surface area contributed by atoms with Crippen LogP contribution in [-0.2, 0) is 0 Å². The number of thioether (sulfide) groups is 1. The minimum atomic E-state index is 0.233. The number of benzene rings is 1. The van der Waals surface area contributed by atoms with Crippen molar-refractivity contribution in [1.29, 1.82) is 0 Å². The van der Waals surface area contributed by atoms with Crippen molar-refractivity contribution in [2.45, 2.75) is 42.2 Å². The first-order valence-electron chi connectivity index (χ1n) is 6.28. The van der Waals surface area contributed by atoms with Crippen LogP contribution in [0.3, 0.4) is 0 Å². The molecule has 1 aromatic rings. The van der Waals surface area contributed by atoms with Gasteiger partial charge in [-0.1, -0.05) is 24.6 Å². The van der Waals surface area contributed by atoms with Gasteiger partial charge in [-0.3, -0.25) is 0 Å². The van der Waals surface area contributed by atoms with E-state index in [0.717, 1.165) is 17.5 Å². The molecule has 0 aromatic heterocycles. The van der Waals surface area contributed by atoms with Crippen LogP contribution in [0.25, 0.3) is 0 Å². The zero-order valence-corrected chi connectivity index (χ0v) is 11.9. The fourth-order valence-electron chi connectivity index (χ4n) is 2.42. The molecule has 2 rings (SSSR count). The molecule has 1 nitrogen and oxygen atoms in total. The number of halogens is 1. The Balaban J connectivity index is 2.09. The van der Waals surface area contributed by atoms with Gasteiger partial charge in [0.1, 0.15) is 0 Å². The fourth-order valence-corrected chi connectivity index (χ4v) is 4.03. The molecule has 0 amide bonds. The van der Waals surface area contributed by atoms with Crippen LogP contribution in [0.5, 0.6) is 0 Å². The quantitative estimate of drug-likeness (QED) is 0.883. The summed E-state index contributed by atoms with van der Waals surface area (Å²) in [5.74, 6) is 0.856. The van der Waals surface area contributed by atoms with E-state index < -0.39 is 0 Å². The zero-order valence-electron chi connectivity index (χ0n) is 10.3. The van der Waals surface area contributed by atoms with E-state index in [1.54, 1.807) is 0 Å². The van der Waals surface area contributed by atoms with E-state index in [2.05, 4.69) is 13.0 Å². The van der Waals surface area contributed by atoms with Gasteiger partial charge in [-0.2, -0.15) is 0 Å². The first kappa shape index (κ1) is 13.3. The van der Waals surface area contributed by atoms with Crippen molar-refractivity contribution in [2.24, 2.45) is 11.7 Å². The average molecular weight is 270 g/mol. The van der Waals surface area contributed by atoms with E-state index in [-0.39, 0.29) is 4.75 Å². The summed E-state index contributed by atoms with van der Waals surface area (Å²) in [6, 6.07) is 8.11. The number of hydrogen-bond donors (Lipinski definition) is 1. The molecule has 2 N–H and O–H groups in total. The normalized spacial score (nSPS) is 29.2. The number of nitrogens with two attached hydrogens (primary N) is 1. The highest BCUT2D eigenvalue weighted by Crippen LogP contribution is 2.44. The Morgan fingerprint density at radius 1 is 1.41 bits per heavy atom. The van der Waals surface area contributed by atoms with Crippen LogP contribution < -0.4 is 5.73 Å². The summed E-state index contributed by atoms with van der Waals surface area (Å²) in [6.07, 6.45) is 5.04. The number of rotatable bonds is 3. The average Bonchev–Trinajstić information content (AvgIpc) is 2.33. The second kappa shape index (κ2) is 5.64. The first-order valence-corrected chi connectivity index (χ1v) is 7.48. The van der Waals surface area contributed by atoms with Gasteiger partial charge in [0.2, 0.25) is 0 Å². The zero-order chi connectivity index (χ0) is 12.3. The Bertz CT molecular complexity index is 372. The lowest BCUT2D eigenvalue weighted by molar-refractivity contribution is 0.323. The van der Waals surface area contributed by atoms with Gasteiger partial charge >= 0.3 is 0 Å². The van der Waals surface area contributed by atoms with E-state index in [1.165, 1.54) is 30.6 Å². The summed E-state index contributed by atoms with van der Waals surface area (Å²) in [5.41, 5.74) is 6.02. The molecule has 0 unspecified atom stereocenters. The van der Waals surface area contributed by atoms with Gasteiger partial charge in [0, 0.05) is 21.2 Å². The third kappa shape index (κ3) is 3.40. The maximum absolute atomic E-state index is 6.03. The van der Waals surface area contributed by atoms with Crippen LogP contribution in [-0.4, -0.2) is 11.3 Å². The van der Waals surface area contributed by atoms with Gasteiger partial charge in [0.05, 0.1) is 0 Å². The lowest BCUT2D eigenvalue weighted by Gasteiger charge is -2.38. The van der Waals surface area contributed by atoms with Crippen molar-refractivity contribution in [3.8, 4) is 0 Å². The highest BCUT2D eigenvalue weighted by molar-refractivity contribution is 8.00. The molecule has 94 valence electrons. The lowest BCUT2D eigenvalue weighted by atomic mass is 9.82. The Morgan fingerprint density at radius 2 is 2.12 bits per heavy atom. The SMILES string of the molecule is CC1CCC(CN)(Sc2cccc(Cl)c2)CC1. The molecule has 1 fully saturated rings. The molecule has 0 atom stereocenters. The molecule has 1 saturated carbocycles. The maximum atomic E-state index is 6.03. The van der Waals surface area contributed by atoms with Crippen molar-refractivity contribution in [2.75, 3.05) is 6.54 Å². The molecule has 1 aliphatic carbocycles. The van der Waals surface area contributed by atoms with Gasteiger partial charge < -0.3 is 5.73 Å².